The van der Waals surface area contributed by atoms with Crippen LogP contribution < -0.4 is 30.7 Å². The molecule has 2 amide bonds. The largest absolute Gasteiger partial charge is 0.491 e. The van der Waals surface area contributed by atoms with Crippen LogP contribution in [-0.4, -0.2) is 108 Å². The molecule has 386 valence electrons. The van der Waals surface area contributed by atoms with E-state index in [9.17, 15) is 14.0 Å². The third-order valence-corrected chi connectivity index (χ3v) is 15.2. The molecule has 12 rings (SSSR count). The van der Waals surface area contributed by atoms with Crippen LogP contribution in [0.1, 0.15) is 87.0 Å². The summed E-state index contributed by atoms with van der Waals surface area (Å²) in [5.74, 6) is 2.46. The van der Waals surface area contributed by atoms with E-state index in [-0.39, 0.29) is 30.2 Å². The summed E-state index contributed by atoms with van der Waals surface area (Å²) in [6.45, 7) is 4.12. The number of carbonyl (C=O) groups is 2. The average molecular weight is 1040 g/mol. The van der Waals surface area contributed by atoms with Gasteiger partial charge in [0.2, 0.25) is 0 Å². The zero-order valence-corrected chi connectivity index (χ0v) is 42.3. The summed E-state index contributed by atoms with van der Waals surface area (Å²) < 4.78 is 25.8. The standard InChI is InChI=1S/C56H54ClFN14O4/c1-71-23-16-55(17-24-71,65-39-7-2-5-36(28-39)51(73)61-45-33-76-48-42(45)9-4-10-44(48)58)53-64-50(68-70-53)35-15-22-60-41(27-35)31-72-25-18-56(19-26-72,54-63-49(67-69-54)34-13-20-59-21-14-34)66-40-8-3-6-37(29-40)52(74)62-46-32-75-47-12-11-38(57)30-43(46)47/h2-15,20-22,27-30,45-46,65-66H,16-19,23-26,31-33H2,1H3,(H,61,73)(H,62,74)(H,63,67,69)(H,64,68,70). The van der Waals surface area contributed by atoms with Gasteiger partial charge < -0.3 is 35.6 Å². The first-order valence-corrected chi connectivity index (χ1v) is 25.8. The van der Waals surface area contributed by atoms with Gasteiger partial charge in [0.05, 0.1) is 28.9 Å². The van der Waals surface area contributed by atoms with E-state index in [1.165, 1.54) is 6.07 Å². The number of rotatable bonds is 14. The molecular formula is C56H54ClFN14O4. The number of carbonyl (C=O) groups excluding carboxylic acids is 2. The number of aromatic amines is 2. The number of benzene rings is 4. The van der Waals surface area contributed by atoms with E-state index in [1.807, 2.05) is 72.8 Å². The van der Waals surface area contributed by atoms with Crippen molar-refractivity contribution in [3.05, 3.63) is 178 Å². The highest BCUT2D eigenvalue weighted by Crippen LogP contribution is 2.40. The predicted octanol–water partition coefficient (Wildman–Crippen LogP) is 8.20. The van der Waals surface area contributed by atoms with Crippen molar-refractivity contribution in [2.24, 2.45) is 0 Å². The lowest BCUT2D eigenvalue weighted by molar-refractivity contribution is 0.0922. The van der Waals surface area contributed by atoms with Crippen LogP contribution in [0, 0.1) is 5.82 Å². The van der Waals surface area contributed by atoms with Gasteiger partial charge in [0, 0.05) is 101 Å². The molecule has 76 heavy (non-hydrogen) atoms. The SMILES string of the molecule is CN1CCC(Nc2cccc(C(=O)NC3COc4c(F)cccc43)c2)(c2nc(-c3ccnc(CN4CCC(Nc5cccc(C(=O)NC6COc7ccc(Cl)cc76)c5)(c5nc(-c6ccncc6)n[nH]5)CC4)c3)n[nH]2)CC1. The Morgan fingerprint density at radius 1 is 0.684 bits per heavy atom. The van der Waals surface area contributed by atoms with Gasteiger partial charge in [-0.1, -0.05) is 35.9 Å². The number of hydrogen-bond acceptors (Lipinski definition) is 14. The summed E-state index contributed by atoms with van der Waals surface area (Å²) in [7, 11) is 2.11. The number of nitrogens with one attached hydrogen (secondary N) is 6. The number of H-pyrrole nitrogens is 2. The number of anilines is 2. The number of hydrogen-bond donors (Lipinski definition) is 6. The van der Waals surface area contributed by atoms with Crippen molar-refractivity contribution >= 4 is 34.8 Å². The van der Waals surface area contributed by atoms with E-state index < -0.39 is 22.9 Å². The molecule has 4 aromatic heterocycles. The van der Waals surface area contributed by atoms with Crippen molar-refractivity contribution in [1.82, 2.24) is 60.8 Å². The van der Waals surface area contributed by atoms with Gasteiger partial charge >= 0.3 is 0 Å². The fourth-order valence-corrected chi connectivity index (χ4v) is 10.9. The molecule has 4 aromatic carbocycles. The quantitative estimate of drug-likeness (QED) is 0.0606. The van der Waals surface area contributed by atoms with Gasteiger partial charge in [-0.15, -0.1) is 0 Å². The fourth-order valence-electron chi connectivity index (χ4n) is 10.7. The third kappa shape index (κ3) is 9.91. The second-order valence-electron chi connectivity index (χ2n) is 20.0. The second-order valence-corrected chi connectivity index (χ2v) is 20.4. The number of nitrogens with zero attached hydrogens (tertiary/aromatic N) is 8. The first-order chi connectivity index (χ1) is 37.0. The summed E-state index contributed by atoms with van der Waals surface area (Å²) >= 11 is 6.30. The maximum atomic E-state index is 14.4. The number of ether oxygens (including phenoxy) is 2. The summed E-state index contributed by atoms with van der Waals surface area (Å²) in [5.41, 5.74) is 5.26. The molecule has 0 bridgehead atoms. The molecule has 18 nitrogen and oxygen atoms in total. The lowest BCUT2D eigenvalue weighted by Gasteiger charge is -2.41. The normalized spacial score (nSPS) is 18.7. The molecule has 8 heterocycles. The Morgan fingerprint density at radius 2 is 1.28 bits per heavy atom. The predicted molar refractivity (Wildman–Crippen MR) is 283 cm³/mol. The number of fused-ring (bicyclic) bond motifs is 2. The highest BCUT2D eigenvalue weighted by atomic mass is 35.5. The number of halogens is 2. The average Bonchev–Trinajstić information content (AvgIpc) is 4.33. The molecule has 2 saturated heterocycles. The number of likely N-dealkylation sites (tertiary alicyclic amines) is 2. The van der Waals surface area contributed by atoms with Gasteiger partial charge in [-0.2, -0.15) is 10.2 Å². The first kappa shape index (κ1) is 48.7. The maximum absolute atomic E-state index is 14.4. The van der Waals surface area contributed by atoms with Gasteiger partial charge in [-0.3, -0.25) is 34.7 Å². The monoisotopic (exact) mass is 1040 g/mol. The maximum Gasteiger partial charge on any atom is 0.251 e. The number of amides is 2. The summed E-state index contributed by atoms with van der Waals surface area (Å²) in [6, 6.07) is 32.0. The number of aromatic nitrogens is 8. The molecular weight excluding hydrogens is 987 g/mol. The molecule has 2 unspecified atom stereocenters. The molecule has 8 aromatic rings. The minimum Gasteiger partial charge on any atom is -0.491 e. The van der Waals surface area contributed by atoms with Crippen molar-refractivity contribution < 1.29 is 23.5 Å². The lowest BCUT2D eigenvalue weighted by Crippen LogP contribution is -2.47. The van der Waals surface area contributed by atoms with Crippen molar-refractivity contribution in [3.8, 4) is 34.3 Å². The van der Waals surface area contributed by atoms with Crippen molar-refractivity contribution in [3.63, 3.8) is 0 Å². The Hall–Kier alpha value is -8.26. The molecule has 0 radical (unpaired) electrons. The van der Waals surface area contributed by atoms with E-state index >= 15 is 0 Å². The molecule has 0 spiro atoms. The van der Waals surface area contributed by atoms with Crippen LogP contribution in [0.5, 0.6) is 11.5 Å². The van der Waals surface area contributed by atoms with Crippen molar-refractivity contribution in [1.29, 1.82) is 0 Å². The van der Waals surface area contributed by atoms with E-state index in [1.54, 1.807) is 48.9 Å². The molecule has 6 N–H and O–H groups in total. The Bertz CT molecular complexity index is 3430. The van der Waals surface area contributed by atoms with Gasteiger partial charge in [-0.25, -0.2) is 14.4 Å². The first-order valence-electron chi connectivity index (χ1n) is 25.4. The fraction of sp³-hybridized carbons (Fsp3) is 0.286. The second kappa shape index (κ2) is 20.5. The molecule has 0 saturated carbocycles. The van der Waals surface area contributed by atoms with E-state index in [0.29, 0.717) is 89.8 Å². The van der Waals surface area contributed by atoms with Crippen molar-refractivity contribution in [2.45, 2.75) is 55.4 Å². The van der Waals surface area contributed by atoms with Crippen LogP contribution in [0.15, 0.2) is 128 Å². The van der Waals surface area contributed by atoms with Crippen LogP contribution in [0.4, 0.5) is 15.8 Å². The van der Waals surface area contributed by atoms with Crippen LogP contribution in [0.3, 0.4) is 0 Å². The summed E-state index contributed by atoms with van der Waals surface area (Å²) in [4.78, 5) is 51.1. The lowest BCUT2D eigenvalue weighted by atomic mass is 9.86. The highest BCUT2D eigenvalue weighted by Gasteiger charge is 2.41. The summed E-state index contributed by atoms with van der Waals surface area (Å²) in [6.07, 6.45) is 8.05. The van der Waals surface area contributed by atoms with Gasteiger partial charge in [0.1, 0.15) is 19.0 Å². The Kier molecular flexibility index (Phi) is 13.1. The molecule has 4 aliphatic rings. The minimum atomic E-state index is -0.658. The minimum absolute atomic E-state index is 0.159. The van der Waals surface area contributed by atoms with E-state index in [2.05, 4.69) is 58.4 Å². The molecule has 20 heteroatoms. The van der Waals surface area contributed by atoms with E-state index in [0.717, 1.165) is 59.7 Å². The van der Waals surface area contributed by atoms with Crippen molar-refractivity contribution in [2.75, 3.05) is 57.1 Å². The molecule has 4 aliphatic heterocycles. The van der Waals surface area contributed by atoms with Crippen LogP contribution in [0.25, 0.3) is 22.8 Å². The Balaban J connectivity index is 0.739. The van der Waals surface area contributed by atoms with Gasteiger partial charge in [-0.05, 0) is 118 Å². The smallest absolute Gasteiger partial charge is 0.251 e. The molecule has 0 aliphatic carbocycles. The topological polar surface area (TPSA) is 216 Å². The van der Waals surface area contributed by atoms with Crippen LogP contribution in [0.2, 0.25) is 5.02 Å². The third-order valence-electron chi connectivity index (χ3n) is 15.0. The number of piperidine rings is 2. The highest BCUT2D eigenvalue weighted by molar-refractivity contribution is 6.30. The molecule has 2 atom stereocenters. The zero-order chi connectivity index (χ0) is 51.8. The van der Waals surface area contributed by atoms with E-state index in [4.69, 9.17) is 41.1 Å². The number of para-hydroxylation sites is 1. The zero-order valence-electron chi connectivity index (χ0n) is 41.5. The summed E-state index contributed by atoms with van der Waals surface area (Å²) in [5, 5.41) is 30.2. The number of pyridine rings is 2. The van der Waals surface area contributed by atoms with Crippen LogP contribution >= 0.6 is 11.6 Å². The Morgan fingerprint density at radius 3 is 1.95 bits per heavy atom. The Labute approximate surface area is 442 Å². The van der Waals surface area contributed by atoms with Crippen LogP contribution in [-0.2, 0) is 17.6 Å². The molecule has 2 fully saturated rings. The van der Waals surface area contributed by atoms with Gasteiger partial charge in [0.25, 0.3) is 11.8 Å². The van der Waals surface area contributed by atoms with Gasteiger partial charge in [0.15, 0.2) is 34.9 Å².